The summed E-state index contributed by atoms with van der Waals surface area (Å²) in [6.07, 6.45) is 3.36. The normalized spacial score (nSPS) is 17.5. The molecule has 0 unspecified atom stereocenters. The number of rotatable bonds is 6. The summed E-state index contributed by atoms with van der Waals surface area (Å²) < 4.78 is 26.9. The maximum Gasteiger partial charge on any atom is 0.233 e. The molecule has 2 heterocycles. The minimum Gasteiger partial charge on any atom is -0.342 e. The van der Waals surface area contributed by atoms with Gasteiger partial charge >= 0.3 is 0 Å². The second kappa shape index (κ2) is 8.52. The highest BCUT2D eigenvalue weighted by Gasteiger charge is 2.22. The van der Waals surface area contributed by atoms with E-state index in [-0.39, 0.29) is 5.91 Å². The Morgan fingerprint density at radius 1 is 1.29 bits per heavy atom. The van der Waals surface area contributed by atoms with Crippen LogP contribution in [0.1, 0.15) is 19.8 Å². The van der Waals surface area contributed by atoms with E-state index in [9.17, 15) is 13.2 Å². The predicted molar refractivity (Wildman–Crippen MR) is 111 cm³/mol. The number of anilines is 1. The van der Waals surface area contributed by atoms with Crippen LogP contribution in [0.3, 0.4) is 0 Å². The van der Waals surface area contributed by atoms with Gasteiger partial charge in [-0.1, -0.05) is 18.7 Å². The van der Waals surface area contributed by atoms with Gasteiger partial charge in [-0.3, -0.25) is 9.52 Å². The number of sulfonamides is 1. The van der Waals surface area contributed by atoms with Gasteiger partial charge in [0.15, 0.2) is 11.0 Å². The molecule has 0 spiro atoms. The van der Waals surface area contributed by atoms with E-state index in [4.69, 9.17) is 0 Å². The third kappa shape index (κ3) is 5.26. The van der Waals surface area contributed by atoms with Gasteiger partial charge in [0.25, 0.3) is 0 Å². The van der Waals surface area contributed by atoms with Gasteiger partial charge in [0, 0.05) is 31.4 Å². The van der Waals surface area contributed by atoms with Crippen molar-refractivity contribution >= 4 is 33.4 Å². The van der Waals surface area contributed by atoms with Gasteiger partial charge in [0.05, 0.1) is 12.0 Å². The maximum absolute atomic E-state index is 12.4. The summed E-state index contributed by atoms with van der Waals surface area (Å²) >= 11 is 1.38. The maximum atomic E-state index is 12.4. The van der Waals surface area contributed by atoms with E-state index in [1.165, 1.54) is 18.2 Å². The van der Waals surface area contributed by atoms with Crippen LogP contribution in [0.4, 0.5) is 5.69 Å². The van der Waals surface area contributed by atoms with Crippen LogP contribution in [0.5, 0.6) is 0 Å². The molecule has 8 nitrogen and oxygen atoms in total. The fourth-order valence-electron chi connectivity index (χ4n) is 3.23. The van der Waals surface area contributed by atoms with E-state index in [1.54, 1.807) is 24.3 Å². The molecule has 1 fully saturated rings. The standard InChI is InChI=1S/C18H25N5O3S2/c1-13-5-4-10-23(11-13)16(24)12-27-18-20-19-17(22(18)2)14-6-8-15(9-7-14)21-28(3,25)26/h6-9,13,21H,4-5,10-12H2,1-3H3/t13-/m1/s1. The zero-order valence-corrected chi connectivity index (χ0v) is 17.9. The van der Waals surface area contributed by atoms with Gasteiger partial charge in [-0.15, -0.1) is 10.2 Å². The molecule has 10 heteroatoms. The van der Waals surface area contributed by atoms with Crippen LogP contribution in [0.15, 0.2) is 29.4 Å². The Balaban J connectivity index is 1.64. The quantitative estimate of drug-likeness (QED) is 0.716. The lowest BCUT2D eigenvalue weighted by Gasteiger charge is -2.30. The van der Waals surface area contributed by atoms with Crippen LogP contribution in [0, 0.1) is 5.92 Å². The van der Waals surface area contributed by atoms with Crippen LogP contribution in [-0.2, 0) is 21.9 Å². The molecule has 1 aliphatic rings. The van der Waals surface area contributed by atoms with Crippen LogP contribution >= 0.6 is 11.8 Å². The van der Waals surface area contributed by atoms with Gasteiger partial charge in [-0.25, -0.2) is 8.42 Å². The van der Waals surface area contributed by atoms with Gasteiger partial charge in [0.2, 0.25) is 15.9 Å². The number of nitrogens with zero attached hydrogens (tertiary/aromatic N) is 4. The first kappa shape index (κ1) is 20.7. The second-order valence-corrected chi connectivity index (χ2v) is 9.88. The molecule has 0 bridgehead atoms. The van der Waals surface area contributed by atoms with Crippen LogP contribution in [0.2, 0.25) is 0 Å². The van der Waals surface area contributed by atoms with Crippen LogP contribution < -0.4 is 4.72 Å². The van der Waals surface area contributed by atoms with E-state index in [1.807, 2.05) is 16.5 Å². The van der Waals surface area contributed by atoms with Gasteiger partial charge < -0.3 is 9.47 Å². The molecule has 1 amide bonds. The van der Waals surface area contributed by atoms with Gasteiger partial charge in [-0.05, 0) is 43.0 Å². The molecular weight excluding hydrogens is 398 g/mol. The predicted octanol–water partition coefficient (Wildman–Crippen LogP) is 2.20. The Kier molecular flexibility index (Phi) is 6.29. The Labute approximate surface area is 169 Å². The van der Waals surface area contributed by atoms with Crippen molar-refractivity contribution in [1.82, 2.24) is 19.7 Å². The lowest BCUT2D eigenvalue weighted by Crippen LogP contribution is -2.40. The first-order valence-electron chi connectivity index (χ1n) is 9.11. The Hall–Kier alpha value is -2.07. The molecule has 1 saturated heterocycles. The summed E-state index contributed by atoms with van der Waals surface area (Å²) in [4.78, 5) is 14.4. The molecule has 152 valence electrons. The number of hydrogen-bond acceptors (Lipinski definition) is 6. The third-order valence-corrected chi connectivity index (χ3v) is 6.23. The number of thioether (sulfide) groups is 1. The number of likely N-dealkylation sites (tertiary alicyclic amines) is 1. The topological polar surface area (TPSA) is 97.2 Å². The van der Waals surface area contributed by atoms with E-state index in [0.29, 0.717) is 28.3 Å². The highest BCUT2D eigenvalue weighted by Crippen LogP contribution is 2.25. The number of carbonyl (C=O) groups excluding carboxylic acids is 1. The van der Waals surface area contributed by atoms with Crippen molar-refractivity contribution in [2.24, 2.45) is 13.0 Å². The molecule has 0 saturated carbocycles. The van der Waals surface area contributed by atoms with Crippen molar-refractivity contribution in [2.45, 2.75) is 24.9 Å². The minimum absolute atomic E-state index is 0.136. The zero-order valence-electron chi connectivity index (χ0n) is 16.3. The first-order valence-corrected chi connectivity index (χ1v) is 12.0. The largest absolute Gasteiger partial charge is 0.342 e. The highest BCUT2D eigenvalue weighted by molar-refractivity contribution is 7.99. The molecule has 0 aliphatic carbocycles. The SMILES string of the molecule is C[C@@H]1CCCN(C(=O)CSc2nnc(-c3ccc(NS(C)(=O)=O)cc3)n2C)C1. The van der Waals surface area contributed by atoms with Crippen molar-refractivity contribution in [2.75, 3.05) is 29.8 Å². The molecular formula is C18H25N5O3S2. The average Bonchev–Trinajstić information content (AvgIpc) is 2.99. The third-order valence-electron chi connectivity index (χ3n) is 4.62. The molecule has 2 aromatic rings. The second-order valence-electron chi connectivity index (χ2n) is 7.19. The lowest BCUT2D eigenvalue weighted by molar-refractivity contribution is -0.130. The summed E-state index contributed by atoms with van der Waals surface area (Å²) in [7, 11) is -1.45. The zero-order chi connectivity index (χ0) is 20.3. The number of nitrogens with one attached hydrogen (secondary N) is 1. The van der Waals surface area contributed by atoms with E-state index < -0.39 is 10.0 Å². The summed E-state index contributed by atoms with van der Waals surface area (Å²) in [6.45, 7) is 3.84. The fraction of sp³-hybridized carbons (Fsp3) is 0.500. The van der Waals surface area contributed by atoms with Crippen LogP contribution in [-0.4, -0.2) is 59.1 Å². The number of benzene rings is 1. The molecule has 1 aromatic carbocycles. The van der Waals surface area contributed by atoms with E-state index >= 15 is 0 Å². The molecule has 1 N–H and O–H groups in total. The summed E-state index contributed by atoms with van der Waals surface area (Å²) in [5.74, 6) is 1.70. The number of amides is 1. The van der Waals surface area contributed by atoms with E-state index in [2.05, 4.69) is 21.8 Å². The van der Waals surface area contributed by atoms with Crippen molar-refractivity contribution < 1.29 is 13.2 Å². The number of aromatic nitrogens is 3. The van der Waals surface area contributed by atoms with Crippen molar-refractivity contribution in [3.8, 4) is 11.4 Å². The Morgan fingerprint density at radius 2 is 2.00 bits per heavy atom. The molecule has 28 heavy (non-hydrogen) atoms. The summed E-state index contributed by atoms with van der Waals surface area (Å²) in [5.41, 5.74) is 1.31. The van der Waals surface area contributed by atoms with Gasteiger partial charge in [0.1, 0.15) is 0 Å². The van der Waals surface area contributed by atoms with Crippen molar-refractivity contribution in [3.05, 3.63) is 24.3 Å². The molecule has 0 radical (unpaired) electrons. The van der Waals surface area contributed by atoms with Gasteiger partial charge in [-0.2, -0.15) is 0 Å². The minimum atomic E-state index is -3.31. The number of hydrogen-bond donors (Lipinski definition) is 1. The fourth-order valence-corrected chi connectivity index (χ4v) is 4.60. The number of carbonyl (C=O) groups is 1. The van der Waals surface area contributed by atoms with Crippen molar-refractivity contribution in [3.63, 3.8) is 0 Å². The highest BCUT2D eigenvalue weighted by atomic mass is 32.2. The molecule has 3 rings (SSSR count). The summed E-state index contributed by atoms with van der Waals surface area (Å²) in [5, 5.41) is 9.09. The molecule has 1 atom stereocenters. The average molecular weight is 424 g/mol. The summed E-state index contributed by atoms with van der Waals surface area (Å²) in [6, 6.07) is 6.93. The first-order chi connectivity index (χ1) is 13.2. The monoisotopic (exact) mass is 423 g/mol. The molecule has 1 aromatic heterocycles. The van der Waals surface area contributed by atoms with Crippen LogP contribution in [0.25, 0.3) is 11.4 Å². The van der Waals surface area contributed by atoms with Crippen molar-refractivity contribution in [1.29, 1.82) is 0 Å². The smallest absolute Gasteiger partial charge is 0.233 e. The Bertz CT molecular complexity index is 941. The van der Waals surface area contributed by atoms with E-state index in [0.717, 1.165) is 31.3 Å². The Morgan fingerprint density at radius 3 is 2.64 bits per heavy atom. The number of piperidine rings is 1. The lowest BCUT2D eigenvalue weighted by atomic mass is 10.0. The molecule has 1 aliphatic heterocycles.